The monoisotopic (exact) mass is 255 g/mol. The van der Waals surface area contributed by atoms with Gasteiger partial charge >= 0.3 is 0 Å². The van der Waals surface area contributed by atoms with E-state index >= 15 is 0 Å². The number of nitrogens with zero attached hydrogens (tertiary/aromatic N) is 1. The number of piperidine rings is 1. The molecule has 0 aromatic carbocycles. The second kappa shape index (κ2) is 8.08. The highest BCUT2D eigenvalue weighted by molar-refractivity contribution is 5.84. The van der Waals surface area contributed by atoms with Crippen molar-refractivity contribution in [1.29, 1.82) is 0 Å². The van der Waals surface area contributed by atoms with E-state index in [0.29, 0.717) is 18.9 Å². The van der Waals surface area contributed by atoms with Crippen LogP contribution in [0.3, 0.4) is 0 Å². The van der Waals surface area contributed by atoms with Crippen LogP contribution in [-0.2, 0) is 9.59 Å². The van der Waals surface area contributed by atoms with E-state index in [1.165, 1.54) is 0 Å². The topological polar surface area (TPSA) is 61.4 Å². The molecule has 0 saturated carbocycles. The lowest BCUT2D eigenvalue weighted by atomic mass is 9.93. The van der Waals surface area contributed by atoms with Crippen LogP contribution < -0.4 is 10.6 Å². The Morgan fingerprint density at radius 3 is 2.56 bits per heavy atom. The summed E-state index contributed by atoms with van der Waals surface area (Å²) in [6.07, 6.45) is 3.84. The van der Waals surface area contributed by atoms with Crippen molar-refractivity contribution in [2.24, 2.45) is 5.92 Å². The SMILES string of the molecule is CCN(CC(=O)NC)C(=O)CCC1CCNCC1. The van der Waals surface area contributed by atoms with Gasteiger partial charge in [0.1, 0.15) is 0 Å². The molecule has 0 aromatic rings. The third-order valence-corrected chi connectivity index (χ3v) is 3.57. The molecule has 1 fully saturated rings. The average molecular weight is 255 g/mol. The molecule has 0 atom stereocenters. The molecule has 1 aliphatic heterocycles. The molecule has 1 saturated heterocycles. The molecule has 2 amide bonds. The van der Waals surface area contributed by atoms with Crippen LogP contribution in [0, 0.1) is 5.92 Å². The van der Waals surface area contributed by atoms with Crippen LogP contribution in [0.25, 0.3) is 0 Å². The van der Waals surface area contributed by atoms with E-state index in [1.54, 1.807) is 11.9 Å². The zero-order valence-corrected chi connectivity index (χ0v) is 11.5. The number of carbonyl (C=O) groups excluding carboxylic acids is 2. The minimum absolute atomic E-state index is 0.0969. The average Bonchev–Trinajstić information content (AvgIpc) is 2.42. The third-order valence-electron chi connectivity index (χ3n) is 3.57. The first-order valence-electron chi connectivity index (χ1n) is 6.86. The smallest absolute Gasteiger partial charge is 0.239 e. The Labute approximate surface area is 109 Å². The van der Waals surface area contributed by atoms with E-state index in [2.05, 4.69) is 10.6 Å². The van der Waals surface area contributed by atoms with E-state index in [0.717, 1.165) is 32.4 Å². The zero-order chi connectivity index (χ0) is 13.4. The molecule has 5 nitrogen and oxygen atoms in total. The fraction of sp³-hybridized carbons (Fsp3) is 0.846. The van der Waals surface area contributed by atoms with Gasteiger partial charge in [0.2, 0.25) is 11.8 Å². The van der Waals surface area contributed by atoms with Gasteiger partial charge in [-0.15, -0.1) is 0 Å². The molecule has 1 aliphatic rings. The van der Waals surface area contributed by atoms with Gasteiger partial charge in [-0.2, -0.15) is 0 Å². The molecule has 0 spiro atoms. The molecule has 5 heteroatoms. The van der Waals surface area contributed by atoms with Crippen molar-refractivity contribution in [1.82, 2.24) is 15.5 Å². The van der Waals surface area contributed by atoms with Gasteiger partial charge in [0.15, 0.2) is 0 Å². The molecule has 0 aromatic heterocycles. The van der Waals surface area contributed by atoms with Crippen LogP contribution in [0.1, 0.15) is 32.6 Å². The molecule has 18 heavy (non-hydrogen) atoms. The highest BCUT2D eigenvalue weighted by Gasteiger charge is 2.18. The normalized spacial score (nSPS) is 16.3. The lowest BCUT2D eigenvalue weighted by molar-refractivity contribution is -0.136. The number of amides is 2. The summed E-state index contributed by atoms with van der Waals surface area (Å²) < 4.78 is 0. The lowest BCUT2D eigenvalue weighted by Crippen LogP contribution is -2.39. The van der Waals surface area contributed by atoms with Gasteiger partial charge in [-0.1, -0.05) is 0 Å². The van der Waals surface area contributed by atoms with E-state index < -0.39 is 0 Å². The Hall–Kier alpha value is -1.10. The van der Waals surface area contributed by atoms with Crippen LogP contribution in [-0.4, -0.2) is 49.9 Å². The van der Waals surface area contributed by atoms with Gasteiger partial charge in [-0.25, -0.2) is 0 Å². The maximum atomic E-state index is 12.0. The standard InChI is InChI=1S/C13H25N3O2/c1-3-16(10-12(17)14-2)13(18)5-4-11-6-8-15-9-7-11/h11,15H,3-10H2,1-2H3,(H,14,17). The summed E-state index contributed by atoms with van der Waals surface area (Å²) in [5.74, 6) is 0.653. The maximum Gasteiger partial charge on any atom is 0.239 e. The third kappa shape index (κ3) is 5.04. The molecule has 0 radical (unpaired) electrons. The minimum atomic E-state index is -0.105. The number of hydrogen-bond donors (Lipinski definition) is 2. The highest BCUT2D eigenvalue weighted by Crippen LogP contribution is 2.18. The number of carbonyl (C=O) groups is 2. The van der Waals surface area contributed by atoms with Crippen LogP contribution in [0.5, 0.6) is 0 Å². The van der Waals surface area contributed by atoms with E-state index in [9.17, 15) is 9.59 Å². The van der Waals surface area contributed by atoms with Crippen molar-refractivity contribution in [3.8, 4) is 0 Å². The zero-order valence-electron chi connectivity index (χ0n) is 11.5. The van der Waals surface area contributed by atoms with E-state index in [-0.39, 0.29) is 18.4 Å². The van der Waals surface area contributed by atoms with Gasteiger partial charge < -0.3 is 15.5 Å². The van der Waals surface area contributed by atoms with Crippen molar-refractivity contribution >= 4 is 11.8 Å². The summed E-state index contributed by atoms with van der Waals surface area (Å²) in [5.41, 5.74) is 0. The van der Waals surface area contributed by atoms with Gasteiger partial charge in [0.05, 0.1) is 6.54 Å². The predicted molar refractivity (Wildman–Crippen MR) is 71.1 cm³/mol. The van der Waals surface area contributed by atoms with E-state index in [1.807, 2.05) is 6.92 Å². The molecule has 104 valence electrons. The fourth-order valence-corrected chi connectivity index (χ4v) is 2.28. The summed E-state index contributed by atoms with van der Waals surface area (Å²) in [6.45, 7) is 4.81. The maximum absolute atomic E-state index is 12.0. The van der Waals surface area contributed by atoms with Crippen LogP contribution in [0.4, 0.5) is 0 Å². The number of hydrogen-bond acceptors (Lipinski definition) is 3. The van der Waals surface area contributed by atoms with Gasteiger partial charge in [-0.3, -0.25) is 9.59 Å². The fourth-order valence-electron chi connectivity index (χ4n) is 2.28. The molecule has 0 aliphatic carbocycles. The summed E-state index contributed by atoms with van der Waals surface area (Å²) in [5, 5.41) is 5.87. The second-order valence-corrected chi connectivity index (χ2v) is 4.81. The van der Waals surface area contributed by atoms with Crippen molar-refractivity contribution in [2.45, 2.75) is 32.6 Å². The predicted octanol–water partition coefficient (Wildman–Crippen LogP) is 0.361. The van der Waals surface area contributed by atoms with E-state index in [4.69, 9.17) is 0 Å². The molecular formula is C13H25N3O2. The molecule has 2 N–H and O–H groups in total. The largest absolute Gasteiger partial charge is 0.358 e. The Balaban J connectivity index is 2.30. The van der Waals surface area contributed by atoms with Crippen LogP contribution in [0.15, 0.2) is 0 Å². The molecule has 0 bridgehead atoms. The van der Waals surface area contributed by atoms with Gasteiger partial charge in [-0.05, 0) is 45.2 Å². The number of rotatable bonds is 6. The first-order chi connectivity index (χ1) is 8.67. The first kappa shape index (κ1) is 15.0. The van der Waals surface area contributed by atoms with Gasteiger partial charge in [0, 0.05) is 20.0 Å². The Kier molecular flexibility index (Phi) is 6.72. The van der Waals surface area contributed by atoms with Crippen LogP contribution in [0.2, 0.25) is 0 Å². The number of nitrogens with one attached hydrogen (secondary N) is 2. The molecule has 1 rings (SSSR count). The Bertz CT molecular complexity index is 275. The number of likely N-dealkylation sites (N-methyl/N-ethyl adjacent to an activating group) is 2. The second-order valence-electron chi connectivity index (χ2n) is 4.81. The Morgan fingerprint density at radius 2 is 2.00 bits per heavy atom. The lowest BCUT2D eigenvalue weighted by Gasteiger charge is -2.24. The highest BCUT2D eigenvalue weighted by atomic mass is 16.2. The van der Waals surface area contributed by atoms with Crippen molar-refractivity contribution < 1.29 is 9.59 Å². The van der Waals surface area contributed by atoms with Crippen molar-refractivity contribution in [3.63, 3.8) is 0 Å². The summed E-state index contributed by atoms with van der Waals surface area (Å²) in [7, 11) is 1.59. The first-order valence-corrected chi connectivity index (χ1v) is 6.86. The minimum Gasteiger partial charge on any atom is -0.358 e. The Morgan fingerprint density at radius 1 is 1.33 bits per heavy atom. The molecular weight excluding hydrogens is 230 g/mol. The molecule has 1 heterocycles. The summed E-state index contributed by atoms with van der Waals surface area (Å²) >= 11 is 0. The summed E-state index contributed by atoms with van der Waals surface area (Å²) in [4.78, 5) is 24.9. The van der Waals surface area contributed by atoms with Crippen molar-refractivity contribution in [2.75, 3.05) is 33.2 Å². The summed E-state index contributed by atoms with van der Waals surface area (Å²) in [6, 6.07) is 0. The van der Waals surface area contributed by atoms with Gasteiger partial charge in [0.25, 0.3) is 0 Å². The van der Waals surface area contributed by atoms with Crippen molar-refractivity contribution in [3.05, 3.63) is 0 Å². The van der Waals surface area contributed by atoms with Crippen LogP contribution >= 0.6 is 0 Å². The quantitative estimate of drug-likeness (QED) is 0.720. The molecule has 0 unspecified atom stereocenters.